The van der Waals surface area contributed by atoms with Crippen LogP contribution in [0.1, 0.15) is 122 Å². The Morgan fingerprint density at radius 2 is 1.54 bits per heavy atom. The van der Waals surface area contributed by atoms with Crippen LogP contribution in [0.3, 0.4) is 0 Å². The van der Waals surface area contributed by atoms with Gasteiger partial charge < -0.3 is 14.7 Å². The Kier molecular flexibility index (Phi) is 10.1. The number of allylic oxidation sites excluding steroid dienone is 4. The van der Waals surface area contributed by atoms with E-state index in [1.165, 1.54) is 25.5 Å². The molecule has 0 radical (unpaired) electrons. The first-order chi connectivity index (χ1) is 28.6. The highest BCUT2D eigenvalue weighted by Crippen LogP contribution is 2.52. The van der Waals surface area contributed by atoms with E-state index in [1.807, 2.05) is 39.0 Å². The zero-order valence-corrected chi connectivity index (χ0v) is 35.0. The van der Waals surface area contributed by atoms with Crippen molar-refractivity contribution >= 4 is 44.6 Å². The molecule has 0 amide bonds. The van der Waals surface area contributed by atoms with Crippen molar-refractivity contribution in [2.24, 2.45) is 16.8 Å². The number of aromatic amines is 2. The van der Waals surface area contributed by atoms with Crippen LogP contribution in [0.2, 0.25) is 0 Å². The van der Waals surface area contributed by atoms with Crippen molar-refractivity contribution in [2.75, 3.05) is 7.11 Å². The van der Waals surface area contributed by atoms with Crippen LogP contribution in [-0.2, 0) is 21.6 Å². The number of esters is 1. The summed E-state index contributed by atoms with van der Waals surface area (Å²) >= 11 is 0. The number of pyridine rings is 1. The molecule has 8 rings (SSSR count). The third-order valence-electron chi connectivity index (χ3n) is 13.5. The molecule has 1 aliphatic carbocycles. The molecular formula is C45H46F6N6O4. The SMILES string of the molecule is CCC1c2cc3[nH]c4c(c3C)c(=O)n(CC3C=C(C(F)(F)F)C=C(C(F)(F)F)C3C)c3c4c4nc(cc5[nH]c(cc(n2)C1C)c(C(C)=O)c5C)C(CC)[C@@]4(CCC(=O)OC)N=3. The van der Waals surface area contributed by atoms with Gasteiger partial charge in [-0.05, 0) is 81.4 Å². The van der Waals surface area contributed by atoms with Gasteiger partial charge in [-0.25, -0.2) is 0 Å². The Morgan fingerprint density at radius 3 is 2.16 bits per heavy atom. The van der Waals surface area contributed by atoms with Gasteiger partial charge in [0.15, 0.2) is 5.78 Å². The van der Waals surface area contributed by atoms with Gasteiger partial charge in [0, 0.05) is 75.9 Å². The van der Waals surface area contributed by atoms with E-state index in [4.69, 9.17) is 19.7 Å². The van der Waals surface area contributed by atoms with Crippen molar-refractivity contribution in [1.29, 1.82) is 0 Å². The van der Waals surface area contributed by atoms with E-state index in [2.05, 4.69) is 16.9 Å². The molecule has 6 atom stereocenters. The molecule has 5 unspecified atom stereocenters. The number of alkyl halides is 6. The largest absolute Gasteiger partial charge is 0.469 e. The second-order valence-electron chi connectivity index (χ2n) is 16.9. The van der Waals surface area contributed by atoms with Crippen LogP contribution in [0.25, 0.3) is 32.8 Å². The molecule has 4 aromatic heterocycles. The monoisotopic (exact) mass is 848 g/mol. The van der Waals surface area contributed by atoms with E-state index in [0.717, 1.165) is 17.5 Å². The van der Waals surface area contributed by atoms with Crippen LogP contribution < -0.4 is 11.0 Å². The number of nitrogens with zero attached hydrogens (tertiary/aromatic N) is 4. The third kappa shape index (κ3) is 6.53. The summed E-state index contributed by atoms with van der Waals surface area (Å²) in [6.07, 6.45) is -8.16. The van der Waals surface area contributed by atoms with Crippen molar-refractivity contribution in [3.8, 4) is 0 Å². The number of hydrogen-bond acceptors (Lipinski definition) is 7. The van der Waals surface area contributed by atoms with Crippen LogP contribution in [-0.4, -0.2) is 55.7 Å². The fraction of sp³-hybridized carbons (Fsp3) is 0.467. The molecule has 61 heavy (non-hydrogen) atoms. The number of hydrogen-bond donors (Lipinski definition) is 2. The molecule has 2 N–H and O–H groups in total. The van der Waals surface area contributed by atoms with E-state index < -0.39 is 64.9 Å². The number of methoxy groups -OCH3 is 1. The molecule has 322 valence electrons. The summed E-state index contributed by atoms with van der Waals surface area (Å²) in [5, 5.41) is 0.552. The molecule has 0 saturated heterocycles. The van der Waals surface area contributed by atoms with E-state index in [1.54, 1.807) is 6.92 Å². The summed E-state index contributed by atoms with van der Waals surface area (Å²) in [7, 11) is 1.26. The van der Waals surface area contributed by atoms with Crippen LogP contribution in [0.15, 0.2) is 51.3 Å². The summed E-state index contributed by atoms with van der Waals surface area (Å²) in [6, 6.07) is 5.63. The second kappa shape index (κ2) is 14.5. The van der Waals surface area contributed by atoms with E-state index >= 15 is 4.79 Å². The number of rotatable bonds is 8. The minimum absolute atomic E-state index is 0.0431. The molecular weight excluding hydrogens is 803 g/mol. The first-order valence-corrected chi connectivity index (χ1v) is 20.5. The number of Topliss-reactive ketones (excluding diaryl/α,β-unsaturated/α-hetero) is 1. The third-order valence-corrected chi connectivity index (χ3v) is 13.5. The lowest BCUT2D eigenvalue weighted by Crippen LogP contribution is -2.39. The van der Waals surface area contributed by atoms with E-state index in [9.17, 15) is 35.9 Å². The number of aryl methyl sites for hydroxylation is 2. The smallest absolute Gasteiger partial charge is 0.416 e. The number of carbonyl (C=O) groups excluding carboxylic acids is 2. The number of fused-ring (bicyclic) bond motifs is 6. The quantitative estimate of drug-likeness (QED) is 0.103. The maximum atomic E-state index is 15.0. The predicted octanol–water partition coefficient (Wildman–Crippen LogP) is 9.68. The molecule has 0 aromatic carbocycles. The average molecular weight is 849 g/mol. The minimum Gasteiger partial charge on any atom is -0.469 e. The first-order valence-electron chi connectivity index (χ1n) is 20.5. The molecule has 4 aromatic rings. The van der Waals surface area contributed by atoms with Gasteiger partial charge in [0.1, 0.15) is 11.0 Å². The number of aromatic nitrogens is 5. The molecule has 7 heterocycles. The summed E-state index contributed by atoms with van der Waals surface area (Å²) in [4.78, 5) is 63.6. The fourth-order valence-corrected chi connectivity index (χ4v) is 10.3. The summed E-state index contributed by atoms with van der Waals surface area (Å²) in [5.41, 5.74) is 1.56. The van der Waals surface area contributed by atoms with Gasteiger partial charge in [-0.1, -0.05) is 33.8 Å². The van der Waals surface area contributed by atoms with Crippen LogP contribution in [0.4, 0.5) is 26.3 Å². The van der Waals surface area contributed by atoms with Gasteiger partial charge in [-0.3, -0.25) is 33.9 Å². The van der Waals surface area contributed by atoms with Gasteiger partial charge in [-0.2, -0.15) is 26.3 Å². The van der Waals surface area contributed by atoms with E-state index in [-0.39, 0.29) is 47.4 Å². The highest BCUT2D eigenvalue weighted by molar-refractivity contribution is 6.05. The predicted molar refractivity (Wildman–Crippen MR) is 217 cm³/mol. The topological polar surface area (TPSA) is 135 Å². The highest BCUT2D eigenvalue weighted by atomic mass is 19.4. The number of nitrogens with one attached hydrogen (secondary N) is 2. The maximum absolute atomic E-state index is 15.0. The van der Waals surface area contributed by atoms with Gasteiger partial charge in [0.2, 0.25) is 0 Å². The Balaban J connectivity index is 1.54. The lowest BCUT2D eigenvalue weighted by atomic mass is 9.77. The normalized spacial score (nSPS) is 23.7. The Labute approximate surface area is 346 Å². The zero-order valence-electron chi connectivity index (χ0n) is 35.0. The van der Waals surface area contributed by atoms with Crippen LogP contribution >= 0.6 is 0 Å². The second-order valence-corrected chi connectivity index (χ2v) is 16.9. The molecule has 0 spiro atoms. The average Bonchev–Trinajstić information content (AvgIpc) is 3.93. The summed E-state index contributed by atoms with van der Waals surface area (Å²) in [5.74, 6) is -4.18. The maximum Gasteiger partial charge on any atom is 0.416 e. The number of halogens is 6. The number of H-pyrrole nitrogens is 2. The zero-order chi connectivity index (χ0) is 44.2. The van der Waals surface area contributed by atoms with Crippen LogP contribution in [0, 0.1) is 25.7 Å². The lowest BCUT2D eigenvalue weighted by molar-refractivity contribution is -0.141. The Bertz CT molecular complexity index is 2900. The summed E-state index contributed by atoms with van der Waals surface area (Å²) in [6.45, 7) is 11.8. The van der Waals surface area contributed by atoms with Gasteiger partial charge in [-0.15, -0.1) is 0 Å². The van der Waals surface area contributed by atoms with Crippen LogP contribution in [0.5, 0.6) is 0 Å². The summed E-state index contributed by atoms with van der Waals surface area (Å²) < 4.78 is 92.1. The first kappa shape index (κ1) is 42.2. The molecule has 4 aliphatic rings. The fourth-order valence-electron chi connectivity index (χ4n) is 10.3. The molecule has 10 nitrogen and oxygen atoms in total. The number of ether oxygens (including phenoxy) is 1. The Hall–Kier alpha value is -5.54. The lowest BCUT2D eigenvalue weighted by Gasteiger charge is -2.31. The van der Waals surface area contributed by atoms with Crippen molar-refractivity contribution < 1.29 is 40.7 Å². The van der Waals surface area contributed by atoms with Crippen molar-refractivity contribution in [3.05, 3.63) is 96.8 Å². The minimum atomic E-state index is -5.09. The van der Waals surface area contributed by atoms with Gasteiger partial charge >= 0.3 is 18.3 Å². The van der Waals surface area contributed by atoms with Crippen molar-refractivity contribution in [3.63, 3.8) is 0 Å². The molecule has 8 bridgehead atoms. The van der Waals surface area contributed by atoms with E-state index in [0.29, 0.717) is 68.4 Å². The van der Waals surface area contributed by atoms with Crippen molar-refractivity contribution in [2.45, 2.75) is 116 Å². The van der Waals surface area contributed by atoms with Gasteiger partial charge in [0.05, 0.1) is 40.2 Å². The van der Waals surface area contributed by atoms with Gasteiger partial charge in [0.25, 0.3) is 5.56 Å². The van der Waals surface area contributed by atoms with Crippen molar-refractivity contribution in [1.82, 2.24) is 24.5 Å². The Morgan fingerprint density at radius 1 is 0.869 bits per heavy atom. The molecule has 0 saturated carbocycles. The molecule has 0 fully saturated rings. The highest BCUT2D eigenvalue weighted by Gasteiger charge is 2.51. The standard InChI is InChI=1S/C45H46F6N6O4/c1-9-26-20(4)29-17-34-36(23(7)58)21(5)30(53-34)16-33-27(10-2)43(12-11-35(59)61-8)40(55-33)38-39-37(22(6)31(54-39)15-32(26)52-29)42(60)57(41(38)56-43)18-24-13-25(44(46,47)48)14-28(19(24)3)45(49,50)51/h13-17,19-20,24,26-27,53-54H,9-12,18H2,1-8H3/t19?,20?,24?,26?,27?,43-/m1/s1. The molecule has 3 aliphatic heterocycles. The molecule has 16 heteroatoms. The number of carbonyl (C=O) groups is 2. The number of ketones is 1.